The molecule has 1 aliphatic heterocycles. The van der Waals surface area contributed by atoms with Crippen LogP contribution in [0.5, 0.6) is 0 Å². The van der Waals surface area contributed by atoms with Crippen LogP contribution in [0.15, 0.2) is 78.8 Å². The van der Waals surface area contributed by atoms with Crippen LogP contribution in [0.2, 0.25) is 0 Å². The average molecular weight is 283 g/mol. The van der Waals surface area contributed by atoms with Crippen LogP contribution in [0.25, 0.3) is 6.08 Å². The minimum Gasteiger partial charge on any atom is -0.274 e. The summed E-state index contributed by atoms with van der Waals surface area (Å²) in [6.45, 7) is 0. The molecule has 0 atom stereocenters. The van der Waals surface area contributed by atoms with Crippen LogP contribution in [-0.2, 0) is 4.84 Å². The molecule has 1 aromatic heterocycles. The van der Waals surface area contributed by atoms with Gasteiger partial charge in [-0.15, -0.1) is 0 Å². The summed E-state index contributed by atoms with van der Waals surface area (Å²) in [6.07, 6.45) is 19.4. The van der Waals surface area contributed by atoms with E-state index in [0.29, 0.717) is 0 Å². The fourth-order valence-electron chi connectivity index (χ4n) is 1.85. The van der Waals surface area contributed by atoms with E-state index in [1.54, 1.807) is 24.0 Å². The zero-order chi connectivity index (χ0) is 14.9. The van der Waals surface area contributed by atoms with E-state index in [4.69, 9.17) is 9.68 Å². The molecule has 0 bridgehead atoms. The highest BCUT2D eigenvalue weighted by molar-refractivity contribution is 5.44. The van der Waals surface area contributed by atoms with Gasteiger partial charge >= 0.3 is 0 Å². The SMILES string of the molecule is CON1C=CC=C/C1=C\C=CC=Cc1cccc[n+]1OC. The van der Waals surface area contributed by atoms with E-state index >= 15 is 0 Å². The standard InChI is InChI=1S/C17H19N2O2/c1-20-18-14-8-6-12-16(18)10-4-3-5-11-17-13-7-9-15-19(17)21-2/h3-15H,1-2H3/q+1. The number of hydrogen-bond donors (Lipinski definition) is 0. The Morgan fingerprint density at radius 1 is 1.10 bits per heavy atom. The summed E-state index contributed by atoms with van der Waals surface area (Å²) in [7, 11) is 3.28. The zero-order valence-corrected chi connectivity index (χ0v) is 12.2. The molecule has 0 spiro atoms. The molecule has 4 heteroatoms. The molecule has 0 radical (unpaired) electrons. The third kappa shape index (κ3) is 4.19. The normalized spacial score (nSPS) is 16.5. The van der Waals surface area contributed by atoms with Crippen molar-refractivity contribution in [2.75, 3.05) is 14.2 Å². The maximum Gasteiger partial charge on any atom is 0.257 e. The highest BCUT2D eigenvalue weighted by Crippen LogP contribution is 2.11. The number of hydroxylamine groups is 2. The molecule has 0 N–H and O–H groups in total. The predicted octanol–water partition coefficient (Wildman–Crippen LogP) is 2.43. The van der Waals surface area contributed by atoms with E-state index in [2.05, 4.69) is 0 Å². The summed E-state index contributed by atoms with van der Waals surface area (Å²) in [5.74, 6) is 0. The van der Waals surface area contributed by atoms with Crippen LogP contribution >= 0.6 is 0 Å². The van der Waals surface area contributed by atoms with Gasteiger partial charge in [0.05, 0.1) is 12.8 Å². The van der Waals surface area contributed by atoms with Crippen LogP contribution in [-0.4, -0.2) is 19.3 Å². The lowest BCUT2D eigenvalue weighted by Gasteiger charge is -2.19. The molecule has 0 unspecified atom stereocenters. The summed E-state index contributed by atoms with van der Waals surface area (Å²) >= 11 is 0. The molecule has 0 saturated carbocycles. The van der Waals surface area contributed by atoms with Gasteiger partial charge in [-0.05, 0) is 24.3 Å². The quantitative estimate of drug-likeness (QED) is 0.613. The Morgan fingerprint density at radius 3 is 2.81 bits per heavy atom. The lowest BCUT2D eigenvalue weighted by Crippen LogP contribution is -2.42. The number of nitrogens with zero attached hydrogens (tertiary/aromatic N) is 2. The van der Waals surface area contributed by atoms with Gasteiger partial charge in [-0.3, -0.25) is 9.68 Å². The molecule has 2 rings (SSSR count). The molecule has 0 amide bonds. The molecular formula is C17H19N2O2+. The highest BCUT2D eigenvalue weighted by atomic mass is 16.7. The van der Waals surface area contributed by atoms with E-state index in [-0.39, 0.29) is 0 Å². The van der Waals surface area contributed by atoms with Gasteiger partial charge in [0.1, 0.15) is 7.11 Å². The zero-order valence-electron chi connectivity index (χ0n) is 12.2. The van der Waals surface area contributed by atoms with Gasteiger partial charge in [-0.2, -0.15) is 0 Å². The summed E-state index contributed by atoms with van der Waals surface area (Å²) in [5, 5.41) is 1.70. The summed E-state index contributed by atoms with van der Waals surface area (Å²) in [6, 6.07) is 5.87. The first-order valence-electron chi connectivity index (χ1n) is 6.63. The smallest absolute Gasteiger partial charge is 0.257 e. The van der Waals surface area contributed by atoms with E-state index in [9.17, 15) is 0 Å². The monoisotopic (exact) mass is 283 g/mol. The Labute approximate surface area is 125 Å². The van der Waals surface area contributed by atoms with Crippen molar-refractivity contribution in [2.45, 2.75) is 0 Å². The van der Waals surface area contributed by atoms with Gasteiger partial charge in [0.2, 0.25) is 6.20 Å². The van der Waals surface area contributed by atoms with Crippen LogP contribution in [0.4, 0.5) is 0 Å². The first kappa shape index (κ1) is 14.8. The fourth-order valence-corrected chi connectivity index (χ4v) is 1.85. The second kappa shape index (κ2) is 7.87. The lowest BCUT2D eigenvalue weighted by molar-refractivity contribution is -0.886. The van der Waals surface area contributed by atoms with Crippen molar-refractivity contribution in [3.8, 4) is 0 Å². The first-order valence-corrected chi connectivity index (χ1v) is 6.63. The largest absolute Gasteiger partial charge is 0.274 e. The molecule has 0 aromatic carbocycles. The minimum absolute atomic E-state index is 0.969. The molecule has 2 heterocycles. The van der Waals surface area contributed by atoms with Gasteiger partial charge in [-0.1, -0.05) is 24.3 Å². The maximum atomic E-state index is 5.22. The van der Waals surface area contributed by atoms with Crippen LogP contribution < -0.4 is 9.57 Å². The van der Waals surface area contributed by atoms with Gasteiger partial charge in [0.15, 0.2) is 0 Å². The minimum atomic E-state index is 0.969. The predicted molar refractivity (Wildman–Crippen MR) is 82.5 cm³/mol. The van der Waals surface area contributed by atoms with E-state index < -0.39 is 0 Å². The van der Waals surface area contributed by atoms with Crippen molar-refractivity contribution in [3.05, 3.63) is 84.5 Å². The molecule has 0 aliphatic carbocycles. The number of pyridine rings is 1. The Hall–Kier alpha value is -2.59. The van der Waals surface area contributed by atoms with Crippen molar-refractivity contribution in [1.82, 2.24) is 5.06 Å². The second-order valence-corrected chi connectivity index (χ2v) is 4.18. The Kier molecular flexibility index (Phi) is 5.55. The summed E-state index contributed by atoms with van der Waals surface area (Å²) in [5.41, 5.74) is 1.94. The van der Waals surface area contributed by atoms with E-state index in [1.165, 1.54) is 0 Å². The highest BCUT2D eigenvalue weighted by Gasteiger charge is 2.04. The maximum absolute atomic E-state index is 5.22. The Bertz CT molecular complexity index is 613. The molecule has 0 fully saturated rings. The summed E-state index contributed by atoms with van der Waals surface area (Å²) in [4.78, 5) is 10.4. The molecule has 0 saturated heterocycles. The van der Waals surface area contributed by atoms with Crippen molar-refractivity contribution in [3.63, 3.8) is 0 Å². The number of rotatable bonds is 5. The molecular weight excluding hydrogens is 264 g/mol. The van der Waals surface area contributed by atoms with Crippen LogP contribution in [0.1, 0.15) is 5.69 Å². The van der Waals surface area contributed by atoms with Gasteiger partial charge in [0.25, 0.3) is 5.69 Å². The number of hydrogen-bond acceptors (Lipinski definition) is 3. The Balaban J connectivity index is 2.00. The van der Waals surface area contributed by atoms with Gasteiger partial charge < -0.3 is 0 Å². The number of allylic oxidation sites excluding steroid dienone is 7. The Morgan fingerprint density at radius 2 is 2.00 bits per heavy atom. The topological polar surface area (TPSA) is 25.6 Å². The molecule has 4 nitrogen and oxygen atoms in total. The van der Waals surface area contributed by atoms with Crippen LogP contribution in [0.3, 0.4) is 0 Å². The van der Waals surface area contributed by atoms with Gasteiger partial charge in [-0.25, -0.2) is 5.06 Å². The van der Waals surface area contributed by atoms with Gasteiger partial charge in [0, 0.05) is 29.1 Å². The molecule has 1 aliphatic rings. The molecule has 1 aromatic rings. The van der Waals surface area contributed by atoms with Crippen molar-refractivity contribution >= 4 is 6.08 Å². The third-order valence-electron chi connectivity index (χ3n) is 2.86. The third-order valence-corrected chi connectivity index (χ3v) is 2.86. The number of aromatic nitrogens is 1. The van der Waals surface area contributed by atoms with Crippen molar-refractivity contribution < 1.29 is 14.4 Å². The van der Waals surface area contributed by atoms with Crippen LogP contribution in [0, 0.1) is 0 Å². The second-order valence-electron chi connectivity index (χ2n) is 4.18. The van der Waals surface area contributed by atoms with Crippen molar-refractivity contribution in [1.29, 1.82) is 0 Å². The molecule has 21 heavy (non-hydrogen) atoms. The summed E-state index contributed by atoms with van der Waals surface area (Å²) < 4.78 is 1.70. The first-order chi connectivity index (χ1) is 10.3. The molecule has 108 valence electrons. The fraction of sp³-hybridized carbons (Fsp3) is 0.118. The van der Waals surface area contributed by atoms with Crippen molar-refractivity contribution in [2.24, 2.45) is 0 Å². The van der Waals surface area contributed by atoms with E-state index in [0.717, 1.165) is 11.4 Å². The van der Waals surface area contributed by atoms with E-state index in [1.807, 2.05) is 79.2 Å². The lowest BCUT2D eigenvalue weighted by atomic mass is 10.2. The average Bonchev–Trinajstić information content (AvgIpc) is 2.55.